The Hall–Kier alpha value is -1.97. The number of nitrogens with one attached hydrogen (secondary N) is 1. The van der Waals surface area contributed by atoms with Gasteiger partial charge >= 0.3 is 0 Å². The first kappa shape index (κ1) is 18.8. The van der Waals surface area contributed by atoms with Crippen molar-refractivity contribution in [2.45, 2.75) is 6.92 Å². The van der Waals surface area contributed by atoms with Crippen LogP contribution in [-0.4, -0.2) is 41.9 Å². The number of rotatable bonds is 6. The molecule has 1 aromatic carbocycles. The second-order valence-electron chi connectivity index (χ2n) is 5.39. The van der Waals surface area contributed by atoms with Crippen molar-refractivity contribution in [2.75, 3.05) is 25.5 Å². The van der Waals surface area contributed by atoms with Crippen LogP contribution in [-0.2, 0) is 4.79 Å². The van der Waals surface area contributed by atoms with Gasteiger partial charge in [-0.2, -0.15) is 0 Å². The van der Waals surface area contributed by atoms with Gasteiger partial charge in [0.2, 0.25) is 5.91 Å². The highest BCUT2D eigenvalue weighted by Gasteiger charge is 2.17. The van der Waals surface area contributed by atoms with E-state index in [-0.39, 0.29) is 18.4 Å². The Bertz CT molecular complexity index is 954. The molecule has 136 valence electrons. The van der Waals surface area contributed by atoms with Crippen LogP contribution in [0.3, 0.4) is 0 Å². The van der Waals surface area contributed by atoms with E-state index in [0.717, 1.165) is 19.8 Å². The van der Waals surface area contributed by atoms with Crippen molar-refractivity contribution in [3.05, 3.63) is 39.0 Å². The number of nitrogens with zero attached hydrogens (tertiary/aromatic N) is 2. The summed E-state index contributed by atoms with van der Waals surface area (Å²) in [5, 5.41) is 3.25. The molecule has 0 aliphatic heterocycles. The van der Waals surface area contributed by atoms with E-state index >= 15 is 0 Å². The number of likely N-dealkylation sites (N-methyl/N-ethyl adjacent to an activating group) is 1. The molecule has 2 heterocycles. The zero-order valence-corrected chi connectivity index (χ0v) is 17.3. The number of aromatic nitrogens is 1. The Balaban J connectivity index is 1.64. The van der Waals surface area contributed by atoms with Gasteiger partial charge in [-0.3, -0.25) is 9.59 Å². The summed E-state index contributed by atoms with van der Waals surface area (Å²) in [6.45, 7) is 2.47. The van der Waals surface area contributed by atoms with Crippen molar-refractivity contribution in [3.8, 4) is 5.75 Å². The second kappa shape index (κ2) is 8.15. The fourth-order valence-corrected chi connectivity index (χ4v) is 4.57. The van der Waals surface area contributed by atoms with E-state index in [4.69, 9.17) is 4.74 Å². The lowest BCUT2D eigenvalue weighted by molar-refractivity contribution is -0.116. The van der Waals surface area contributed by atoms with E-state index in [1.165, 1.54) is 27.6 Å². The van der Waals surface area contributed by atoms with E-state index < -0.39 is 0 Å². The van der Waals surface area contributed by atoms with Crippen LogP contribution in [0, 0.1) is 0 Å². The third kappa shape index (κ3) is 4.40. The number of carbonyl (C=O) groups is 2. The number of hydrogen-bond donors (Lipinski definition) is 1. The van der Waals surface area contributed by atoms with Gasteiger partial charge in [-0.15, -0.1) is 11.3 Å². The fourth-order valence-electron chi connectivity index (χ4n) is 2.28. The summed E-state index contributed by atoms with van der Waals surface area (Å²) in [6.07, 6.45) is 0. The highest BCUT2D eigenvalue weighted by atomic mass is 79.9. The second-order valence-corrected chi connectivity index (χ2v) is 8.89. The summed E-state index contributed by atoms with van der Waals surface area (Å²) in [5.41, 5.74) is 0.793. The maximum absolute atomic E-state index is 12.3. The molecular weight excluding hydrogens is 438 g/mol. The number of anilines is 1. The van der Waals surface area contributed by atoms with E-state index in [1.807, 2.05) is 31.2 Å². The maximum Gasteiger partial charge on any atom is 0.264 e. The molecule has 0 aliphatic carbocycles. The number of ether oxygens (including phenoxy) is 1. The minimum absolute atomic E-state index is 0.0471. The first-order valence-electron chi connectivity index (χ1n) is 7.80. The molecular formula is C17H16BrN3O3S2. The van der Waals surface area contributed by atoms with Crippen molar-refractivity contribution in [1.29, 1.82) is 0 Å². The third-order valence-electron chi connectivity index (χ3n) is 3.43. The molecule has 0 saturated carbocycles. The number of hydrogen-bond acceptors (Lipinski definition) is 6. The van der Waals surface area contributed by atoms with Crippen LogP contribution in [0.1, 0.15) is 16.6 Å². The Morgan fingerprint density at radius 2 is 2.08 bits per heavy atom. The van der Waals surface area contributed by atoms with E-state index in [0.29, 0.717) is 16.6 Å². The highest BCUT2D eigenvalue weighted by Crippen LogP contribution is 2.29. The lowest BCUT2D eigenvalue weighted by Gasteiger charge is -2.15. The molecule has 3 aromatic rings. The molecule has 6 nitrogen and oxygen atoms in total. The lowest BCUT2D eigenvalue weighted by Crippen LogP contribution is -2.34. The van der Waals surface area contributed by atoms with Crippen LogP contribution < -0.4 is 10.1 Å². The van der Waals surface area contributed by atoms with Crippen LogP contribution >= 0.6 is 38.6 Å². The SMILES string of the molecule is CCOc1ccc2nc(NC(=O)CN(C)C(=O)c3ccc(Br)s3)sc2c1. The van der Waals surface area contributed by atoms with Crippen molar-refractivity contribution < 1.29 is 14.3 Å². The smallest absolute Gasteiger partial charge is 0.264 e. The molecule has 26 heavy (non-hydrogen) atoms. The van der Waals surface area contributed by atoms with Crippen molar-refractivity contribution in [2.24, 2.45) is 0 Å². The minimum Gasteiger partial charge on any atom is -0.494 e. The first-order chi connectivity index (χ1) is 12.5. The molecule has 0 atom stereocenters. The number of thiazole rings is 1. The summed E-state index contributed by atoms with van der Waals surface area (Å²) >= 11 is 6.03. The number of fused-ring (bicyclic) bond motifs is 1. The molecule has 2 amide bonds. The molecule has 1 N–H and O–H groups in total. The Morgan fingerprint density at radius 1 is 1.27 bits per heavy atom. The Kier molecular flexibility index (Phi) is 5.90. The average molecular weight is 454 g/mol. The third-order valence-corrected chi connectivity index (χ3v) is 5.97. The maximum atomic E-state index is 12.3. The molecule has 2 aromatic heterocycles. The van der Waals surface area contributed by atoms with E-state index in [9.17, 15) is 9.59 Å². The first-order valence-corrected chi connectivity index (χ1v) is 10.2. The van der Waals surface area contributed by atoms with Gasteiger partial charge < -0.3 is 15.0 Å². The van der Waals surface area contributed by atoms with E-state index in [1.54, 1.807) is 13.1 Å². The number of amides is 2. The molecule has 0 spiro atoms. The van der Waals surface area contributed by atoms with Crippen LogP contribution in [0.15, 0.2) is 34.1 Å². The quantitative estimate of drug-likeness (QED) is 0.605. The summed E-state index contributed by atoms with van der Waals surface area (Å²) in [7, 11) is 1.60. The molecule has 0 saturated heterocycles. The zero-order valence-electron chi connectivity index (χ0n) is 14.1. The standard InChI is InChI=1S/C17H16BrN3O3S2/c1-3-24-10-4-5-11-13(8-10)26-17(19-11)20-15(22)9-21(2)16(23)12-6-7-14(18)25-12/h4-8H,3,9H2,1-2H3,(H,19,20,22). The number of halogens is 1. The van der Waals surface area contributed by atoms with Crippen LogP contribution in [0.5, 0.6) is 5.75 Å². The van der Waals surface area contributed by atoms with Gasteiger partial charge in [0.25, 0.3) is 5.91 Å². The van der Waals surface area contributed by atoms with Crippen LogP contribution in [0.4, 0.5) is 5.13 Å². The summed E-state index contributed by atoms with van der Waals surface area (Å²) in [6, 6.07) is 9.15. The van der Waals surface area contributed by atoms with Crippen LogP contribution in [0.2, 0.25) is 0 Å². The van der Waals surface area contributed by atoms with Crippen LogP contribution in [0.25, 0.3) is 10.2 Å². The number of benzene rings is 1. The van der Waals surface area contributed by atoms with Gasteiger partial charge in [-0.05, 0) is 53.2 Å². The molecule has 3 rings (SSSR count). The van der Waals surface area contributed by atoms with Gasteiger partial charge in [-0.1, -0.05) is 11.3 Å². The zero-order chi connectivity index (χ0) is 18.7. The summed E-state index contributed by atoms with van der Waals surface area (Å²) in [4.78, 5) is 30.9. The van der Waals surface area contributed by atoms with Crippen molar-refractivity contribution in [1.82, 2.24) is 9.88 Å². The van der Waals surface area contributed by atoms with Gasteiger partial charge in [0.1, 0.15) is 5.75 Å². The van der Waals surface area contributed by atoms with Gasteiger partial charge in [0.05, 0.1) is 32.0 Å². The summed E-state index contributed by atoms with van der Waals surface area (Å²) < 4.78 is 7.28. The molecule has 0 fully saturated rings. The Labute approximate surface area is 166 Å². The predicted molar refractivity (Wildman–Crippen MR) is 108 cm³/mol. The molecule has 0 aliphatic rings. The molecule has 0 bridgehead atoms. The lowest BCUT2D eigenvalue weighted by atomic mass is 10.3. The molecule has 0 unspecified atom stereocenters. The van der Waals surface area contributed by atoms with Gasteiger partial charge in [0.15, 0.2) is 5.13 Å². The monoisotopic (exact) mass is 453 g/mol. The largest absolute Gasteiger partial charge is 0.494 e. The summed E-state index contributed by atoms with van der Waals surface area (Å²) in [5.74, 6) is 0.288. The van der Waals surface area contributed by atoms with E-state index in [2.05, 4.69) is 26.2 Å². The molecule has 0 radical (unpaired) electrons. The highest BCUT2D eigenvalue weighted by molar-refractivity contribution is 9.11. The predicted octanol–water partition coefficient (Wildman–Crippen LogP) is 4.23. The Morgan fingerprint density at radius 3 is 2.77 bits per heavy atom. The number of thiophene rings is 1. The fraction of sp³-hybridized carbons (Fsp3) is 0.235. The van der Waals surface area contributed by atoms with Crippen molar-refractivity contribution >= 4 is 65.8 Å². The normalized spacial score (nSPS) is 10.7. The molecule has 9 heteroatoms. The van der Waals surface area contributed by atoms with Crippen molar-refractivity contribution in [3.63, 3.8) is 0 Å². The van der Waals surface area contributed by atoms with Gasteiger partial charge in [-0.25, -0.2) is 4.98 Å². The topological polar surface area (TPSA) is 71.5 Å². The minimum atomic E-state index is -0.291. The number of carbonyl (C=O) groups excluding carboxylic acids is 2. The van der Waals surface area contributed by atoms with Gasteiger partial charge in [0, 0.05) is 7.05 Å². The average Bonchev–Trinajstić information content (AvgIpc) is 3.19.